The summed E-state index contributed by atoms with van der Waals surface area (Å²) in [6.45, 7) is 13.2. The predicted octanol–water partition coefficient (Wildman–Crippen LogP) is 4.62. The molecule has 0 saturated carbocycles. The van der Waals surface area contributed by atoms with Crippen molar-refractivity contribution in [1.29, 1.82) is 0 Å². The van der Waals surface area contributed by atoms with Gasteiger partial charge in [-0.25, -0.2) is 9.67 Å². The Balaban J connectivity index is 1.80. The lowest BCUT2D eigenvalue weighted by molar-refractivity contribution is 0.638. The Labute approximate surface area is 160 Å². The zero-order valence-corrected chi connectivity index (χ0v) is 16.7. The summed E-state index contributed by atoms with van der Waals surface area (Å²) in [6, 6.07) is 4.20. The van der Waals surface area contributed by atoms with Gasteiger partial charge in [-0.05, 0) is 51.3 Å². The van der Waals surface area contributed by atoms with Gasteiger partial charge in [-0.2, -0.15) is 5.10 Å². The third-order valence-electron chi connectivity index (χ3n) is 4.63. The Hall–Kier alpha value is -2.82. The normalized spacial score (nSPS) is 11.6. The molecule has 0 bridgehead atoms. The minimum Gasteiger partial charge on any atom is -0.261 e. The Bertz CT molecular complexity index is 997. The summed E-state index contributed by atoms with van der Waals surface area (Å²) in [5.74, 6) is 1.68. The molecule has 140 valence electrons. The van der Waals surface area contributed by atoms with Crippen molar-refractivity contribution in [3.05, 3.63) is 65.7 Å². The van der Waals surface area contributed by atoms with Crippen LogP contribution in [-0.4, -0.2) is 24.7 Å². The fourth-order valence-corrected chi connectivity index (χ4v) is 3.08. The van der Waals surface area contributed by atoms with Gasteiger partial charge in [0.05, 0.1) is 5.52 Å². The molecule has 0 aromatic carbocycles. The van der Waals surface area contributed by atoms with Gasteiger partial charge < -0.3 is 0 Å². The number of aromatic nitrogens is 5. The van der Waals surface area contributed by atoms with Gasteiger partial charge in [0.25, 0.3) is 0 Å². The summed E-state index contributed by atoms with van der Waals surface area (Å²) in [5.41, 5.74) is 5.11. The molecule has 3 rings (SSSR count). The first-order chi connectivity index (χ1) is 13.0. The molecule has 0 saturated heterocycles. The molecule has 5 heteroatoms. The van der Waals surface area contributed by atoms with E-state index in [0.717, 1.165) is 70.9 Å². The van der Waals surface area contributed by atoms with Gasteiger partial charge in [-0.15, -0.1) is 0 Å². The zero-order chi connectivity index (χ0) is 19.4. The Morgan fingerprint density at radius 2 is 1.96 bits per heavy atom. The highest BCUT2D eigenvalue weighted by Gasteiger charge is 2.11. The van der Waals surface area contributed by atoms with Gasteiger partial charge in [-0.1, -0.05) is 25.7 Å². The first-order valence-corrected chi connectivity index (χ1v) is 9.54. The van der Waals surface area contributed by atoms with Crippen LogP contribution in [0.2, 0.25) is 0 Å². The Kier molecular flexibility index (Phi) is 5.79. The molecular weight excluding hydrogens is 334 g/mol. The topological polar surface area (TPSA) is 56.5 Å². The van der Waals surface area contributed by atoms with Crippen LogP contribution in [0.25, 0.3) is 16.5 Å². The van der Waals surface area contributed by atoms with E-state index in [0.29, 0.717) is 0 Å². The van der Waals surface area contributed by atoms with Gasteiger partial charge in [0.2, 0.25) is 0 Å². The Morgan fingerprint density at radius 1 is 1.15 bits per heavy atom. The average molecular weight is 361 g/mol. The first-order valence-electron chi connectivity index (χ1n) is 9.54. The fourth-order valence-electron chi connectivity index (χ4n) is 3.08. The van der Waals surface area contributed by atoms with Gasteiger partial charge in [-0.3, -0.25) is 9.97 Å². The van der Waals surface area contributed by atoms with Crippen LogP contribution in [0.3, 0.4) is 0 Å². The van der Waals surface area contributed by atoms with Crippen LogP contribution in [-0.2, 0) is 19.4 Å². The van der Waals surface area contributed by atoms with Crippen molar-refractivity contribution < 1.29 is 0 Å². The van der Waals surface area contributed by atoms with E-state index in [4.69, 9.17) is 9.97 Å². The molecule has 0 atom stereocenters. The Morgan fingerprint density at radius 3 is 2.70 bits per heavy atom. The van der Waals surface area contributed by atoms with Crippen molar-refractivity contribution in [1.82, 2.24) is 24.7 Å². The van der Waals surface area contributed by atoms with Crippen molar-refractivity contribution in [3.63, 3.8) is 0 Å². The largest absolute Gasteiger partial charge is 0.261 e. The lowest BCUT2D eigenvalue weighted by atomic mass is 10.1. The molecule has 0 spiro atoms. The van der Waals surface area contributed by atoms with Gasteiger partial charge in [0, 0.05) is 41.5 Å². The van der Waals surface area contributed by atoms with Gasteiger partial charge in [0.15, 0.2) is 11.6 Å². The molecule has 0 N–H and O–H groups in total. The second-order valence-corrected chi connectivity index (χ2v) is 6.73. The third-order valence-corrected chi connectivity index (χ3v) is 4.63. The highest BCUT2D eigenvalue weighted by Crippen LogP contribution is 2.19. The van der Waals surface area contributed by atoms with Gasteiger partial charge >= 0.3 is 0 Å². The second kappa shape index (κ2) is 8.25. The minimum atomic E-state index is 0.756. The molecule has 0 amide bonds. The standard InChI is InChI=1S/C22H27N5/c1-6-8-9-15(3)22-25-20(26-27(22)7-2)13-11-18-10-12-19-17(5)23-14-16(4)21(19)24-18/h8-10,12,14H,3,6-7,11,13H2,1-2,4-5H3. The van der Waals surface area contributed by atoms with E-state index in [9.17, 15) is 0 Å². The van der Waals surface area contributed by atoms with E-state index in [2.05, 4.69) is 55.6 Å². The lowest BCUT2D eigenvalue weighted by Gasteiger charge is -2.06. The summed E-state index contributed by atoms with van der Waals surface area (Å²) in [7, 11) is 0. The minimum absolute atomic E-state index is 0.756. The molecule has 5 nitrogen and oxygen atoms in total. The summed E-state index contributed by atoms with van der Waals surface area (Å²) in [5, 5.41) is 5.76. The molecule has 0 radical (unpaired) electrons. The maximum Gasteiger partial charge on any atom is 0.157 e. The number of allylic oxidation sites excluding steroid dienone is 3. The van der Waals surface area contributed by atoms with E-state index in [1.165, 1.54) is 0 Å². The number of aryl methyl sites for hydroxylation is 5. The molecule has 3 heterocycles. The van der Waals surface area contributed by atoms with Gasteiger partial charge in [0.1, 0.15) is 0 Å². The molecule has 0 aliphatic rings. The second-order valence-electron chi connectivity index (χ2n) is 6.73. The molecule has 27 heavy (non-hydrogen) atoms. The van der Waals surface area contributed by atoms with E-state index < -0.39 is 0 Å². The maximum absolute atomic E-state index is 4.84. The molecular formula is C22H27N5. The third kappa shape index (κ3) is 4.13. The van der Waals surface area contributed by atoms with Crippen LogP contribution in [0.1, 0.15) is 48.9 Å². The molecule has 0 aliphatic carbocycles. The van der Waals surface area contributed by atoms with Crippen molar-refractivity contribution in [2.24, 2.45) is 0 Å². The lowest BCUT2D eigenvalue weighted by Crippen LogP contribution is -2.02. The summed E-state index contributed by atoms with van der Waals surface area (Å²) < 4.78 is 1.92. The molecule has 3 aromatic heterocycles. The van der Waals surface area contributed by atoms with Crippen LogP contribution in [0, 0.1) is 13.8 Å². The smallest absolute Gasteiger partial charge is 0.157 e. The fraction of sp³-hybridized carbons (Fsp3) is 0.364. The summed E-state index contributed by atoms with van der Waals surface area (Å²) >= 11 is 0. The number of rotatable bonds is 7. The average Bonchev–Trinajstić information content (AvgIpc) is 3.11. The van der Waals surface area contributed by atoms with Crippen molar-refractivity contribution in [2.45, 2.75) is 53.5 Å². The molecule has 3 aromatic rings. The maximum atomic E-state index is 4.84. The highest BCUT2D eigenvalue weighted by molar-refractivity contribution is 5.83. The predicted molar refractivity (Wildman–Crippen MR) is 111 cm³/mol. The van der Waals surface area contributed by atoms with E-state index in [-0.39, 0.29) is 0 Å². The van der Waals surface area contributed by atoms with Crippen molar-refractivity contribution in [2.75, 3.05) is 0 Å². The molecule has 0 unspecified atom stereocenters. The van der Waals surface area contributed by atoms with E-state index >= 15 is 0 Å². The SMILES string of the molecule is C=C(C=CCC)c1nc(CCc2ccc3c(C)ncc(C)c3n2)nn1CC. The number of pyridine rings is 2. The number of hydrogen-bond acceptors (Lipinski definition) is 4. The molecule has 0 aliphatic heterocycles. The van der Waals surface area contributed by atoms with Crippen LogP contribution in [0.5, 0.6) is 0 Å². The monoisotopic (exact) mass is 361 g/mol. The van der Waals surface area contributed by atoms with E-state index in [1.54, 1.807) is 0 Å². The van der Waals surface area contributed by atoms with Crippen LogP contribution in [0.4, 0.5) is 0 Å². The number of fused-ring (bicyclic) bond motifs is 1. The highest BCUT2D eigenvalue weighted by atomic mass is 15.3. The van der Waals surface area contributed by atoms with E-state index in [1.807, 2.05) is 23.9 Å². The zero-order valence-electron chi connectivity index (χ0n) is 16.7. The van der Waals surface area contributed by atoms with Crippen molar-refractivity contribution in [3.8, 4) is 0 Å². The quantitative estimate of drug-likeness (QED) is 0.576. The van der Waals surface area contributed by atoms with Crippen LogP contribution in [0.15, 0.2) is 37.1 Å². The molecule has 0 fully saturated rings. The van der Waals surface area contributed by atoms with Crippen LogP contribution < -0.4 is 0 Å². The van der Waals surface area contributed by atoms with Crippen molar-refractivity contribution >= 4 is 16.5 Å². The number of hydrogen-bond donors (Lipinski definition) is 0. The number of nitrogens with zero attached hydrogens (tertiary/aromatic N) is 5. The first kappa shape index (κ1) is 19.0. The van der Waals surface area contributed by atoms with Crippen LogP contribution >= 0.6 is 0 Å². The summed E-state index contributed by atoms with van der Waals surface area (Å²) in [4.78, 5) is 14.0. The summed E-state index contributed by atoms with van der Waals surface area (Å²) in [6.07, 6.45) is 8.54.